The molecule has 1 aromatic carbocycles. The largest absolute Gasteiger partial charge is 0.329 e. The SMILES string of the molecule is NCCNC1(c2ccc(F)cc2)CC1. The van der Waals surface area contributed by atoms with Crippen LogP contribution in [0.5, 0.6) is 0 Å². The minimum absolute atomic E-state index is 0.0903. The minimum atomic E-state index is -0.177. The van der Waals surface area contributed by atoms with Crippen LogP contribution in [0.4, 0.5) is 4.39 Å². The molecule has 0 atom stereocenters. The highest BCUT2D eigenvalue weighted by Gasteiger charge is 2.43. The molecule has 0 amide bonds. The Morgan fingerprint density at radius 3 is 2.43 bits per heavy atom. The maximum atomic E-state index is 12.7. The van der Waals surface area contributed by atoms with Crippen LogP contribution in [0.25, 0.3) is 0 Å². The molecule has 1 fully saturated rings. The van der Waals surface area contributed by atoms with Crippen LogP contribution < -0.4 is 11.1 Å². The maximum Gasteiger partial charge on any atom is 0.123 e. The van der Waals surface area contributed by atoms with Crippen LogP contribution >= 0.6 is 0 Å². The normalized spacial score (nSPS) is 18.1. The Balaban J connectivity index is 2.10. The molecule has 1 saturated carbocycles. The summed E-state index contributed by atoms with van der Waals surface area (Å²) >= 11 is 0. The molecule has 1 aromatic rings. The number of halogens is 1. The van der Waals surface area contributed by atoms with Gasteiger partial charge in [-0.3, -0.25) is 0 Å². The monoisotopic (exact) mass is 194 g/mol. The second kappa shape index (κ2) is 3.67. The summed E-state index contributed by atoms with van der Waals surface area (Å²) in [5, 5.41) is 3.41. The zero-order valence-corrected chi connectivity index (χ0v) is 8.09. The van der Waals surface area contributed by atoms with Gasteiger partial charge in [-0.2, -0.15) is 0 Å². The lowest BCUT2D eigenvalue weighted by Gasteiger charge is -2.17. The van der Waals surface area contributed by atoms with Gasteiger partial charge in [-0.05, 0) is 30.5 Å². The first kappa shape index (κ1) is 9.62. The van der Waals surface area contributed by atoms with Gasteiger partial charge < -0.3 is 11.1 Å². The minimum Gasteiger partial charge on any atom is -0.329 e. The van der Waals surface area contributed by atoms with Gasteiger partial charge >= 0.3 is 0 Å². The van der Waals surface area contributed by atoms with Gasteiger partial charge in [0, 0.05) is 18.6 Å². The Hall–Kier alpha value is -0.930. The van der Waals surface area contributed by atoms with Crippen LogP contribution in [0.1, 0.15) is 18.4 Å². The fourth-order valence-electron chi connectivity index (χ4n) is 1.77. The third-order valence-corrected chi connectivity index (χ3v) is 2.75. The fourth-order valence-corrected chi connectivity index (χ4v) is 1.77. The van der Waals surface area contributed by atoms with Crippen molar-refractivity contribution < 1.29 is 4.39 Å². The van der Waals surface area contributed by atoms with Crippen LogP contribution in [0.15, 0.2) is 24.3 Å². The fraction of sp³-hybridized carbons (Fsp3) is 0.455. The first-order chi connectivity index (χ1) is 6.77. The highest BCUT2D eigenvalue weighted by Crippen LogP contribution is 2.45. The summed E-state index contributed by atoms with van der Waals surface area (Å²) in [6.07, 6.45) is 2.25. The van der Waals surface area contributed by atoms with Gasteiger partial charge in [0.25, 0.3) is 0 Å². The summed E-state index contributed by atoms with van der Waals surface area (Å²) in [6, 6.07) is 6.73. The number of rotatable bonds is 4. The van der Waals surface area contributed by atoms with Crippen LogP contribution in [-0.2, 0) is 5.54 Å². The molecule has 2 nitrogen and oxygen atoms in total. The van der Waals surface area contributed by atoms with E-state index in [1.165, 1.54) is 17.7 Å². The smallest absolute Gasteiger partial charge is 0.123 e. The van der Waals surface area contributed by atoms with Gasteiger partial charge in [0.05, 0.1) is 0 Å². The van der Waals surface area contributed by atoms with Gasteiger partial charge in [0.2, 0.25) is 0 Å². The van der Waals surface area contributed by atoms with Crippen LogP contribution in [0, 0.1) is 5.82 Å². The van der Waals surface area contributed by atoms with Gasteiger partial charge in [0.15, 0.2) is 0 Å². The summed E-state index contributed by atoms with van der Waals surface area (Å²) in [7, 11) is 0. The third kappa shape index (κ3) is 1.79. The molecular weight excluding hydrogens is 179 g/mol. The van der Waals surface area contributed by atoms with Crippen molar-refractivity contribution in [2.24, 2.45) is 5.73 Å². The van der Waals surface area contributed by atoms with E-state index in [-0.39, 0.29) is 11.4 Å². The molecule has 0 spiro atoms. The summed E-state index contributed by atoms with van der Waals surface area (Å²) in [5.74, 6) is -0.177. The van der Waals surface area contributed by atoms with E-state index in [1.807, 2.05) is 12.1 Å². The number of nitrogens with two attached hydrogens (primary N) is 1. The van der Waals surface area contributed by atoms with Crippen molar-refractivity contribution in [2.75, 3.05) is 13.1 Å². The molecule has 0 heterocycles. The molecule has 0 aromatic heterocycles. The third-order valence-electron chi connectivity index (χ3n) is 2.75. The topological polar surface area (TPSA) is 38.0 Å². The lowest BCUT2D eigenvalue weighted by Crippen LogP contribution is -2.33. The number of benzene rings is 1. The van der Waals surface area contributed by atoms with Crippen LogP contribution in [0.3, 0.4) is 0 Å². The van der Waals surface area contributed by atoms with Crippen molar-refractivity contribution in [1.29, 1.82) is 0 Å². The summed E-state index contributed by atoms with van der Waals surface area (Å²) in [4.78, 5) is 0. The molecule has 0 bridgehead atoms. The van der Waals surface area contributed by atoms with Crippen molar-refractivity contribution in [1.82, 2.24) is 5.32 Å². The molecule has 1 aliphatic rings. The molecule has 1 aliphatic carbocycles. The number of nitrogens with one attached hydrogen (secondary N) is 1. The van der Waals surface area contributed by atoms with E-state index in [4.69, 9.17) is 5.73 Å². The Labute approximate surface area is 83.3 Å². The maximum absolute atomic E-state index is 12.7. The van der Waals surface area contributed by atoms with Crippen molar-refractivity contribution in [3.8, 4) is 0 Å². The van der Waals surface area contributed by atoms with Crippen molar-refractivity contribution >= 4 is 0 Å². The van der Waals surface area contributed by atoms with Crippen LogP contribution in [-0.4, -0.2) is 13.1 Å². The van der Waals surface area contributed by atoms with E-state index in [9.17, 15) is 4.39 Å². The van der Waals surface area contributed by atoms with Gasteiger partial charge in [-0.15, -0.1) is 0 Å². The van der Waals surface area contributed by atoms with E-state index in [0.29, 0.717) is 6.54 Å². The van der Waals surface area contributed by atoms with E-state index in [0.717, 1.165) is 19.4 Å². The molecule has 0 saturated heterocycles. The molecule has 3 N–H and O–H groups in total. The first-order valence-corrected chi connectivity index (χ1v) is 4.98. The lowest BCUT2D eigenvalue weighted by atomic mass is 10.1. The van der Waals surface area contributed by atoms with E-state index >= 15 is 0 Å². The summed E-state index contributed by atoms with van der Waals surface area (Å²) < 4.78 is 12.7. The highest BCUT2D eigenvalue weighted by molar-refractivity contribution is 5.30. The van der Waals surface area contributed by atoms with Gasteiger partial charge in [-0.25, -0.2) is 4.39 Å². The van der Waals surface area contributed by atoms with E-state index in [1.54, 1.807) is 0 Å². The first-order valence-electron chi connectivity index (χ1n) is 4.98. The average Bonchev–Trinajstić information content (AvgIpc) is 2.97. The van der Waals surface area contributed by atoms with E-state index < -0.39 is 0 Å². The standard InChI is InChI=1S/C11H15FN2/c12-10-3-1-9(2-4-10)11(5-6-11)14-8-7-13/h1-4,14H,5-8,13H2. The highest BCUT2D eigenvalue weighted by atomic mass is 19.1. The van der Waals surface area contributed by atoms with Crippen molar-refractivity contribution in [3.05, 3.63) is 35.6 Å². The average molecular weight is 194 g/mol. The second-order valence-corrected chi connectivity index (χ2v) is 3.80. The Morgan fingerprint density at radius 2 is 1.93 bits per heavy atom. The molecule has 0 unspecified atom stereocenters. The molecular formula is C11H15FN2. The number of hydrogen-bond acceptors (Lipinski definition) is 2. The Kier molecular flexibility index (Phi) is 2.52. The number of hydrogen-bond donors (Lipinski definition) is 2. The Bertz CT molecular complexity index is 304. The van der Waals surface area contributed by atoms with Crippen molar-refractivity contribution in [3.63, 3.8) is 0 Å². The van der Waals surface area contributed by atoms with Crippen LogP contribution in [0.2, 0.25) is 0 Å². The van der Waals surface area contributed by atoms with Crippen molar-refractivity contribution in [2.45, 2.75) is 18.4 Å². The molecule has 0 aliphatic heterocycles. The van der Waals surface area contributed by atoms with Gasteiger partial charge in [-0.1, -0.05) is 12.1 Å². The predicted molar refractivity (Wildman–Crippen MR) is 54.4 cm³/mol. The zero-order valence-electron chi connectivity index (χ0n) is 8.09. The molecule has 2 rings (SSSR count). The molecule has 14 heavy (non-hydrogen) atoms. The predicted octanol–water partition coefficient (Wildman–Crippen LogP) is 1.36. The second-order valence-electron chi connectivity index (χ2n) is 3.80. The van der Waals surface area contributed by atoms with Gasteiger partial charge in [0.1, 0.15) is 5.82 Å². The lowest BCUT2D eigenvalue weighted by molar-refractivity contribution is 0.525. The Morgan fingerprint density at radius 1 is 1.29 bits per heavy atom. The zero-order chi connectivity index (χ0) is 10.0. The molecule has 76 valence electrons. The van der Waals surface area contributed by atoms with E-state index in [2.05, 4.69) is 5.32 Å². The summed E-state index contributed by atoms with van der Waals surface area (Å²) in [5.41, 5.74) is 6.71. The molecule has 0 radical (unpaired) electrons. The summed E-state index contributed by atoms with van der Waals surface area (Å²) in [6.45, 7) is 1.46. The molecule has 3 heteroatoms. The quantitative estimate of drug-likeness (QED) is 0.759.